The zero-order valence-corrected chi connectivity index (χ0v) is 13.0. The summed E-state index contributed by atoms with van der Waals surface area (Å²) in [6.07, 6.45) is -0.0135. The van der Waals surface area contributed by atoms with Crippen molar-refractivity contribution in [3.63, 3.8) is 0 Å². The molecule has 0 spiro atoms. The molecule has 1 amide bonds. The molecule has 1 unspecified atom stereocenters. The monoisotopic (exact) mass is 326 g/mol. The zero-order valence-electron chi connectivity index (χ0n) is 13.0. The van der Waals surface area contributed by atoms with Gasteiger partial charge in [0, 0.05) is 24.7 Å². The Morgan fingerprint density at radius 2 is 1.70 bits per heavy atom. The highest BCUT2D eigenvalue weighted by molar-refractivity contribution is 5.94. The predicted molar refractivity (Wildman–Crippen MR) is 81.2 cm³/mol. The van der Waals surface area contributed by atoms with E-state index >= 15 is 0 Å². The van der Waals surface area contributed by atoms with Gasteiger partial charge in [-0.15, -0.1) is 0 Å². The molecule has 6 heteroatoms. The van der Waals surface area contributed by atoms with Gasteiger partial charge in [-0.2, -0.15) is 13.2 Å². The van der Waals surface area contributed by atoms with Gasteiger partial charge in [0.05, 0.1) is 5.56 Å². The van der Waals surface area contributed by atoms with Gasteiger partial charge in [0.1, 0.15) is 0 Å². The molecule has 1 aromatic carbocycles. The van der Waals surface area contributed by atoms with Crippen LogP contribution in [0.2, 0.25) is 0 Å². The molecule has 3 nitrogen and oxygen atoms in total. The van der Waals surface area contributed by atoms with Crippen molar-refractivity contribution in [3.05, 3.63) is 35.4 Å². The van der Waals surface area contributed by atoms with Gasteiger partial charge in [-0.05, 0) is 63.0 Å². The Balaban J connectivity index is 1.68. The first kappa shape index (κ1) is 16.3. The zero-order chi connectivity index (χ0) is 16.4. The highest BCUT2D eigenvalue weighted by atomic mass is 19.4. The number of carbonyl (C=O) groups excluding carboxylic acids is 1. The third-order valence-corrected chi connectivity index (χ3v) is 4.76. The summed E-state index contributed by atoms with van der Waals surface area (Å²) in [6.45, 7) is 3.74. The number of benzene rings is 1. The highest BCUT2D eigenvalue weighted by Crippen LogP contribution is 2.30. The molecule has 0 bridgehead atoms. The highest BCUT2D eigenvalue weighted by Gasteiger charge is 2.33. The summed E-state index contributed by atoms with van der Waals surface area (Å²) in [6, 6.07) is 4.73. The molecule has 2 saturated heterocycles. The van der Waals surface area contributed by atoms with Crippen LogP contribution < -0.4 is 0 Å². The van der Waals surface area contributed by atoms with Gasteiger partial charge in [0.15, 0.2) is 0 Å². The average Bonchev–Trinajstić information content (AvgIpc) is 3.18. The Morgan fingerprint density at radius 3 is 2.30 bits per heavy atom. The maximum Gasteiger partial charge on any atom is 0.416 e. The van der Waals surface area contributed by atoms with E-state index in [0.29, 0.717) is 12.1 Å². The average molecular weight is 326 g/mol. The van der Waals surface area contributed by atoms with Crippen LogP contribution in [0.15, 0.2) is 24.3 Å². The van der Waals surface area contributed by atoms with Gasteiger partial charge < -0.3 is 9.80 Å². The molecular formula is C17H21F3N2O. The number of nitrogens with zero attached hydrogens (tertiary/aromatic N) is 2. The van der Waals surface area contributed by atoms with Crippen molar-refractivity contribution >= 4 is 5.91 Å². The second-order valence-corrected chi connectivity index (χ2v) is 6.38. The number of carbonyl (C=O) groups is 1. The van der Waals surface area contributed by atoms with Crippen LogP contribution in [0.3, 0.4) is 0 Å². The van der Waals surface area contributed by atoms with Crippen molar-refractivity contribution in [2.45, 2.75) is 37.9 Å². The minimum Gasteiger partial charge on any atom is -0.334 e. The fraction of sp³-hybridized carbons (Fsp3) is 0.588. The molecule has 3 rings (SSSR count). The summed E-state index contributed by atoms with van der Waals surface area (Å²) < 4.78 is 37.8. The van der Waals surface area contributed by atoms with Crippen LogP contribution in [0.1, 0.15) is 41.6 Å². The van der Waals surface area contributed by atoms with Gasteiger partial charge in [0.2, 0.25) is 0 Å². The summed E-state index contributed by atoms with van der Waals surface area (Å²) in [5.41, 5.74) is -0.379. The van der Waals surface area contributed by atoms with Crippen LogP contribution in [0.25, 0.3) is 0 Å². The standard InChI is InChI=1S/C17H21F3N2O/c18-17(19,20)14-7-5-13(6-8-14)16(23)22-11-3-4-15(22)12-21-9-1-2-10-21/h5-8,15H,1-4,9-12H2. The molecule has 0 aliphatic carbocycles. The lowest BCUT2D eigenvalue weighted by Crippen LogP contribution is -2.42. The minimum absolute atomic E-state index is 0.152. The van der Waals surface area contributed by atoms with Crippen LogP contribution in [-0.2, 0) is 6.18 Å². The van der Waals surface area contributed by atoms with Crippen molar-refractivity contribution in [2.24, 2.45) is 0 Å². The number of hydrogen-bond donors (Lipinski definition) is 0. The number of rotatable bonds is 3. The fourth-order valence-electron chi connectivity index (χ4n) is 3.52. The Morgan fingerprint density at radius 1 is 1.04 bits per heavy atom. The SMILES string of the molecule is O=C(c1ccc(C(F)(F)F)cc1)N1CCCC1CN1CCCC1. The number of amides is 1. The quantitative estimate of drug-likeness (QED) is 0.850. The molecule has 2 heterocycles. The molecule has 0 saturated carbocycles. The van der Waals surface area contributed by atoms with Crippen LogP contribution >= 0.6 is 0 Å². The Kier molecular flexibility index (Phi) is 4.62. The van der Waals surface area contributed by atoms with E-state index in [1.165, 1.54) is 25.0 Å². The summed E-state index contributed by atoms with van der Waals surface area (Å²) in [4.78, 5) is 16.8. The van der Waals surface area contributed by atoms with E-state index in [4.69, 9.17) is 0 Å². The second-order valence-electron chi connectivity index (χ2n) is 6.38. The molecule has 23 heavy (non-hydrogen) atoms. The molecule has 126 valence electrons. The molecule has 0 N–H and O–H groups in total. The largest absolute Gasteiger partial charge is 0.416 e. The first-order valence-electron chi connectivity index (χ1n) is 8.16. The van der Waals surface area contributed by atoms with Crippen molar-refractivity contribution in [3.8, 4) is 0 Å². The first-order valence-corrected chi connectivity index (χ1v) is 8.16. The molecular weight excluding hydrogens is 305 g/mol. The minimum atomic E-state index is -4.37. The molecule has 1 atom stereocenters. The van der Waals surface area contributed by atoms with Crippen molar-refractivity contribution in [2.75, 3.05) is 26.2 Å². The maximum absolute atomic E-state index is 12.6. The molecule has 2 aliphatic heterocycles. The van der Waals surface area contributed by atoms with Crippen LogP contribution in [-0.4, -0.2) is 47.9 Å². The normalized spacial score (nSPS) is 22.7. The van der Waals surface area contributed by atoms with E-state index < -0.39 is 11.7 Å². The lowest BCUT2D eigenvalue weighted by Gasteiger charge is -2.28. The van der Waals surface area contributed by atoms with Crippen molar-refractivity contribution < 1.29 is 18.0 Å². The van der Waals surface area contributed by atoms with Crippen LogP contribution in [0.5, 0.6) is 0 Å². The van der Waals surface area contributed by atoms with E-state index in [9.17, 15) is 18.0 Å². The van der Waals surface area contributed by atoms with E-state index in [1.807, 2.05) is 4.90 Å². The van der Waals surface area contributed by atoms with E-state index in [0.717, 1.165) is 44.6 Å². The van der Waals surface area contributed by atoms with E-state index in [1.54, 1.807) is 0 Å². The number of halogens is 3. The van der Waals surface area contributed by atoms with Crippen molar-refractivity contribution in [1.82, 2.24) is 9.80 Å². The first-order chi connectivity index (χ1) is 10.9. The summed E-state index contributed by atoms with van der Waals surface area (Å²) in [7, 11) is 0. The number of alkyl halides is 3. The Labute approximate surface area is 134 Å². The molecule has 0 radical (unpaired) electrons. The second kappa shape index (κ2) is 6.51. The number of likely N-dealkylation sites (tertiary alicyclic amines) is 2. The summed E-state index contributed by atoms with van der Waals surface area (Å²) in [5.74, 6) is -0.152. The summed E-state index contributed by atoms with van der Waals surface area (Å²) in [5, 5.41) is 0. The van der Waals surface area contributed by atoms with Gasteiger partial charge in [0.25, 0.3) is 5.91 Å². The maximum atomic E-state index is 12.6. The smallest absolute Gasteiger partial charge is 0.334 e. The van der Waals surface area contributed by atoms with E-state index in [2.05, 4.69) is 4.90 Å². The summed E-state index contributed by atoms with van der Waals surface area (Å²) >= 11 is 0. The van der Waals surface area contributed by atoms with Gasteiger partial charge in [-0.3, -0.25) is 4.79 Å². The molecule has 2 aliphatic rings. The molecule has 0 aromatic heterocycles. The topological polar surface area (TPSA) is 23.6 Å². The van der Waals surface area contributed by atoms with Gasteiger partial charge >= 0.3 is 6.18 Å². The van der Waals surface area contributed by atoms with Crippen LogP contribution in [0, 0.1) is 0 Å². The lowest BCUT2D eigenvalue weighted by atomic mass is 10.1. The van der Waals surface area contributed by atoms with E-state index in [-0.39, 0.29) is 11.9 Å². The molecule has 2 fully saturated rings. The third-order valence-electron chi connectivity index (χ3n) is 4.76. The number of hydrogen-bond acceptors (Lipinski definition) is 2. The van der Waals surface area contributed by atoms with Gasteiger partial charge in [-0.25, -0.2) is 0 Å². The van der Waals surface area contributed by atoms with Gasteiger partial charge in [-0.1, -0.05) is 0 Å². The lowest BCUT2D eigenvalue weighted by molar-refractivity contribution is -0.137. The van der Waals surface area contributed by atoms with Crippen LogP contribution in [0.4, 0.5) is 13.2 Å². The van der Waals surface area contributed by atoms with Crippen molar-refractivity contribution in [1.29, 1.82) is 0 Å². The Bertz CT molecular complexity index is 550. The molecule has 1 aromatic rings. The Hall–Kier alpha value is -1.56. The predicted octanol–water partition coefficient (Wildman–Crippen LogP) is 3.41. The fourth-order valence-corrected chi connectivity index (χ4v) is 3.52. The third kappa shape index (κ3) is 3.68.